The molecule has 1 heterocycles. The molecule has 2 aliphatic rings. The topological polar surface area (TPSA) is 24.5 Å². The Hall–Kier alpha value is -0.120. The van der Waals surface area contributed by atoms with Crippen molar-refractivity contribution in [2.45, 2.75) is 37.8 Å². The Labute approximate surface area is 86.8 Å². The number of hydrogen-bond donors (Lipinski definition) is 1. The van der Waals surface area contributed by atoms with Crippen LogP contribution in [0.5, 0.6) is 0 Å². The average Bonchev–Trinajstić information content (AvgIpc) is 2.11. The lowest BCUT2D eigenvalue weighted by Gasteiger charge is -2.52. The Morgan fingerprint density at radius 2 is 2.29 bits per heavy atom. The fourth-order valence-electron chi connectivity index (χ4n) is 2.77. The van der Waals surface area contributed by atoms with Gasteiger partial charge in [-0.3, -0.25) is 4.90 Å². The lowest BCUT2D eigenvalue weighted by atomic mass is 9.74. The van der Waals surface area contributed by atoms with Crippen molar-refractivity contribution in [3.05, 3.63) is 0 Å². The Morgan fingerprint density at radius 1 is 1.50 bits per heavy atom. The van der Waals surface area contributed by atoms with E-state index < -0.39 is 0 Å². The predicted molar refractivity (Wildman–Crippen MR) is 57.5 cm³/mol. The second-order valence-electron chi connectivity index (χ2n) is 4.74. The standard InChI is InChI=1S/C11H22N2O/c1-10-8-13(6-7-14-10)11(9-12-2)4-3-5-11/h10,12H,3-9H2,1-2H3/t10-/m1/s1. The first kappa shape index (κ1) is 10.4. The Kier molecular flexibility index (Phi) is 3.10. The molecular formula is C11H22N2O. The van der Waals surface area contributed by atoms with Gasteiger partial charge in [-0.05, 0) is 33.2 Å². The van der Waals surface area contributed by atoms with Gasteiger partial charge in [-0.2, -0.15) is 0 Å². The lowest BCUT2D eigenvalue weighted by molar-refractivity contribution is -0.0856. The van der Waals surface area contributed by atoms with E-state index in [4.69, 9.17) is 4.74 Å². The summed E-state index contributed by atoms with van der Waals surface area (Å²) in [7, 11) is 2.06. The highest BCUT2D eigenvalue weighted by molar-refractivity contribution is 5.00. The zero-order chi connectivity index (χ0) is 10.0. The second-order valence-corrected chi connectivity index (χ2v) is 4.74. The van der Waals surface area contributed by atoms with Crippen LogP contribution in [0.15, 0.2) is 0 Å². The molecule has 0 aromatic heterocycles. The zero-order valence-electron chi connectivity index (χ0n) is 9.38. The van der Waals surface area contributed by atoms with Gasteiger partial charge in [-0.1, -0.05) is 0 Å². The summed E-state index contributed by atoms with van der Waals surface area (Å²) in [5.41, 5.74) is 0.465. The molecular weight excluding hydrogens is 176 g/mol. The smallest absolute Gasteiger partial charge is 0.0674 e. The Morgan fingerprint density at radius 3 is 2.79 bits per heavy atom. The van der Waals surface area contributed by atoms with Crippen molar-refractivity contribution in [1.29, 1.82) is 0 Å². The van der Waals surface area contributed by atoms with Crippen LogP contribution >= 0.6 is 0 Å². The van der Waals surface area contributed by atoms with Gasteiger partial charge in [-0.15, -0.1) is 0 Å². The molecule has 1 N–H and O–H groups in total. The number of nitrogens with zero attached hydrogens (tertiary/aromatic N) is 1. The average molecular weight is 198 g/mol. The summed E-state index contributed by atoms with van der Waals surface area (Å²) in [4.78, 5) is 2.64. The third kappa shape index (κ3) is 1.81. The van der Waals surface area contributed by atoms with Gasteiger partial charge in [0.25, 0.3) is 0 Å². The van der Waals surface area contributed by atoms with Gasteiger partial charge >= 0.3 is 0 Å². The Balaban J connectivity index is 1.96. The minimum atomic E-state index is 0.415. The highest BCUT2D eigenvalue weighted by atomic mass is 16.5. The molecule has 3 nitrogen and oxygen atoms in total. The van der Waals surface area contributed by atoms with Gasteiger partial charge in [-0.25, -0.2) is 0 Å². The summed E-state index contributed by atoms with van der Waals surface area (Å²) in [6, 6.07) is 0. The fraction of sp³-hybridized carbons (Fsp3) is 1.00. The number of hydrogen-bond acceptors (Lipinski definition) is 3. The SMILES string of the molecule is CNCC1(N2CCO[C@H](C)C2)CCC1. The quantitative estimate of drug-likeness (QED) is 0.727. The van der Waals surface area contributed by atoms with E-state index in [9.17, 15) is 0 Å². The maximum absolute atomic E-state index is 5.59. The molecule has 1 aliphatic carbocycles. The van der Waals surface area contributed by atoms with E-state index in [1.54, 1.807) is 0 Å². The molecule has 82 valence electrons. The largest absolute Gasteiger partial charge is 0.376 e. The van der Waals surface area contributed by atoms with Crippen molar-refractivity contribution in [3.63, 3.8) is 0 Å². The van der Waals surface area contributed by atoms with Crippen molar-refractivity contribution in [1.82, 2.24) is 10.2 Å². The van der Waals surface area contributed by atoms with Crippen LogP contribution in [0.4, 0.5) is 0 Å². The predicted octanol–water partition coefficient (Wildman–Crippen LogP) is 0.849. The van der Waals surface area contributed by atoms with E-state index in [1.165, 1.54) is 19.3 Å². The number of likely N-dealkylation sites (N-methyl/N-ethyl adjacent to an activating group) is 1. The van der Waals surface area contributed by atoms with E-state index in [2.05, 4.69) is 24.2 Å². The molecule has 0 unspecified atom stereocenters. The summed E-state index contributed by atoms with van der Waals surface area (Å²) >= 11 is 0. The molecule has 1 aliphatic heterocycles. The van der Waals surface area contributed by atoms with E-state index in [0.717, 1.165) is 26.2 Å². The monoisotopic (exact) mass is 198 g/mol. The van der Waals surface area contributed by atoms with Gasteiger partial charge in [0.1, 0.15) is 0 Å². The molecule has 2 rings (SSSR count). The van der Waals surface area contributed by atoms with Crippen molar-refractivity contribution in [3.8, 4) is 0 Å². The molecule has 0 aromatic carbocycles. The van der Waals surface area contributed by atoms with Gasteiger partial charge in [0.05, 0.1) is 12.7 Å². The van der Waals surface area contributed by atoms with Gasteiger partial charge in [0, 0.05) is 25.2 Å². The first-order valence-electron chi connectivity index (χ1n) is 5.78. The first-order valence-corrected chi connectivity index (χ1v) is 5.78. The molecule has 14 heavy (non-hydrogen) atoms. The van der Waals surface area contributed by atoms with Crippen LogP contribution < -0.4 is 5.32 Å². The molecule has 1 saturated heterocycles. The lowest BCUT2D eigenvalue weighted by Crippen LogP contribution is -2.62. The molecule has 0 aromatic rings. The van der Waals surface area contributed by atoms with Crippen molar-refractivity contribution >= 4 is 0 Å². The Bertz CT molecular complexity index is 192. The molecule has 0 amide bonds. The number of rotatable bonds is 3. The van der Waals surface area contributed by atoms with Crippen LogP contribution in [0.3, 0.4) is 0 Å². The van der Waals surface area contributed by atoms with Crippen LogP contribution in [0.25, 0.3) is 0 Å². The van der Waals surface area contributed by atoms with Gasteiger partial charge < -0.3 is 10.1 Å². The second kappa shape index (κ2) is 4.17. The molecule has 0 radical (unpaired) electrons. The van der Waals surface area contributed by atoms with Gasteiger partial charge in [0.15, 0.2) is 0 Å². The highest BCUT2D eigenvalue weighted by Gasteiger charge is 2.42. The summed E-state index contributed by atoms with van der Waals surface area (Å²) in [6.45, 7) is 6.46. The van der Waals surface area contributed by atoms with Gasteiger partial charge in [0.2, 0.25) is 0 Å². The fourth-order valence-corrected chi connectivity index (χ4v) is 2.77. The zero-order valence-corrected chi connectivity index (χ0v) is 9.38. The van der Waals surface area contributed by atoms with Crippen LogP contribution in [0.2, 0.25) is 0 Å². The summed E-state index contributed by atoms with van der Waals surface area (Å²) < 4.78 is 5.59. The number of nitrogens with one attached hydrogen (secondary N) is 1. The summed E-state index contributed by atoms with van der Waals surface area (Å²) in [6.07, 6.45) is 4.53. The van der Waals surface area contributed by atoms with Crippen LogP contribution in [-0.2, 0) is 4.74 Å². The summed E-state index contributed by atoms with van der Waals surface area (Å²) in [5, 5.41) is 3.34. The number of morpholine rings is 1. The van der Waals surface area contributed by atoms with Crippen molar-refractivity contribution in [2.75, 3.05) is 33.3 Å². The van der Waals surface area contributed by atoms with Crippen molar-refractivity contribution in [2.24, 2.45) is 0 Å². The maximum Gasteiger partial charge on any atom is 0.0674 e. The van der Waals surface area contributed by atoms with E-state index >= 15 is 0 Å². The van der Waals surface area contributed by atoms with Crippen LogP contribution in [-0.4, -0.2) is 49.8 Å². The van der Waals surface area contributed by atoms with Crippen LogP contribution in [0.1, 0.15) is 26.2 Å². The maximum atomic E-state index is 5.59. The first-order chi connectivity index (χ1) is 6.77. The molecule has 0 bridgehead atoms. The number of ether oxygens (including phenoxy) is 1. The van der Waals surface area contributed by atoms with Crippen LogP contribution in [0, 0.1) is 0 Å². The molecule has 3 heteroatoms. The molecule has 0 spiro atoms. The van der Waals surface area contributed by atoms with E-state index in [0.29, 0.717) is 11.6 Å². The third-order valence-electron chi connectivity index (χ3n) is 3.70. The van der Waals surface area contributed by atoms with Crippen molar-refractivity contribution < 1.29 is 4.74 Å². The molecule has 1 atom stereocenters. The van der Waals surface area contributed by atoms with E-state index in [-0.39, 0.29) is 0 Å². The molecule has 2 fully saturated rings. The third-order valence-corrected chi connectivity index (χ3v) is 3.70. The summed E-state index contributed by atoms with van der Waals surface area (Å²) in [5.74, 6) is 0. The highest BCUT2D eigenvalue weighted by Crippen LogP contribution is 2.37. The minimum absolute atomic E-state index is 0.415. The molecule has 1 saturated carbocycles. The minimum Gasteiger partial charge on any atom is -0.376 e. The normalized spacial score (nSPS) is 32.6. The van der Waals surface area contributed by atoms with E-state index in [1.807, 2.05) is 0 Å².